The molecule has 39 heavy (non-hydrogen) atoms. The van der Waals surface area contributed by atoms with Gasteiger partial charge in [0.2, 0.25) is 0 Å². The van der Waals surface area contributed by atoms with Gasteiger partial charge in [-0.25, -0.2) is 0 Å². The van der Waals surface area contributed by atoms with Gasteiger partial charge < -0.3 is 10.1 Å². The number of morpholine rings is 1. The molecule has 3 aromatic rings. The van der Waals surface area contributed by atoms with Crippen molar-refractivity contribution in [1.29, 1.82) is 0 Å². The Morgan fingerprint density at radius 1 is 1.03 bits per heavy atom. The van der Waals surface area contributed by atoms with Crippen molar-refractivity contribution >= 4 is 17.8 Å². The number of aromatic nitrogens is 2. The van der Waals surface area contributed by atoms with Gasteiger partial charge in [-0.3, -0.25) is 19.2 Å². The highest BCUT2D eigenvalue weighted by Gasteiger charge is 2.24. The molecule has 0 atom stereocenters. The highest BCUT2D eigenvalue weighted by atomic mass is 16.5. The smallest absolute Gasteiger partial charge is 0.258 e. The molecule has 1 amide bonds. The number of carbonyl (C=O) groups excluding carboxylic acids is 2. The van der Waals surface area contributed by atoms with Crippen LogP contribution in [0.2, 0.25) is 0 Å². The molecule has 7 nitrogen and oxygen atoms in total. The lowest BCUT2D eigenvalue weighted by molar-refractivity contribution is -0.114. The molecule has 0 saturated carbocycles. The summed E-state index contributed by atoms with van der Waals surface area (Å²) in [5.41, 5.74) is 8.80. The van der Waals surface area contributed by atoms with Gasteiger partial charge in [0.25, 0.3) is 5.91 Å². The number of rotatable bonds is 7. The Morgan fingerprint density at radius 3 is 2.64 bits per heavy atom. The lowest BCUT2D eigenvalue weighted by atomic mass is 9.93. The zero-order valence-electron chi connectivity index (χ0n) is 22.2. The predicted octanol–water partition coefficient (Wildman–Crippen LogP) is 4.22. The maximum atomic E-state index is 13.0. The van der Waals surface area contributed by atoms with E-state index in [1.807, 2.05) is 6.08 Å². The van der Waals surface area contributed by atoms with Crippen LogP contribution in [0.15, 0.2) is 83.9 Å². The summed E-state index contributed by atoms with van der Waals surface area (Å²) in [5.74, 6) is -0.163. The van der Waals surface area contributed by atoms with E-state index < -0.39 is 0 Å². The Labute approximate surface area is 228 Å². The molecule has 0 radical (unpaired) electrons. The van der Waals surface area contributed by atoms with E-state index in [2.05, 4.69) is 70.8 Å². The van der Waals surface area contributed by atoms with Crippen molar-refractivity contribution in [2.45, 2.75) is 32.9 Å². The van der Waals surface area contributed by atoms with Gasteiger partial charge in [-0.05, 0) is 47.2 Å². The maximum absolute atomic E-state index is 13.0. The molecule has 0 unspecified atom stereocenters. The summed E-state index contributed by atoms with van der Waals surface area (Å²) in [4.78, 5) is 28.2. The molecule has 0 spiro atoms. The fourth-order valence-electron chi connectivity index (χ4n) is 5.29. The van der Waals surface area contributed by atoms with Crippen LogP contribution in [0.5, 0.6) is 0 Å². The first kappa shape index (κ1) is 25.2. The van der Waals surface area contributed by atoms with Crippen LogP contribution >= 0.6 is 0 Å². The molecule has 2 aromatic carbocycles. The van der Waals surface area contributed by atoms with E-state index in [0.717, 1.165) is 50.4 Å². The number of ether oxygens (including phenoxy) is 1. The number of allylic oxidation sites excluding steroid dienone is 4. The summed E-state index contributed by atoms with van der Waals surface area (Å²) in [7, 11) is 0. The molecule has 198 valence electrons. The van der Waals surface area contributed by atoms with E-state index in [0.29, 0.717) is 23.4 Å². The van der Waals surface area contributed by atoms with Gasteiger partial charge in [-0.1, -0.05) is 60.2 Å². The number of nitrogens with zero attached hydrogens (tertiary/aromatic N) is 3. The molecule has 2 heterocycles. The Morgan fingerprint density at radius 2 is 1.82 bits per heavy atom. The van der Waals surface area contributed by atoms with E-state index in [9.17, 15) is 9.59 Å². The Balaban J connectivity index is 1.12. The van der Waals surface area contributed by atoms with Crippen LogP contribution in [-0.4, -0.2) is 52.7 Å². The number of amides is 1. The van der Waals surface area contributed by atoms with Crippen LogP contribution in [0.25, 0.3) is 6.08 Å². The van der Waals surface area contributed by atoms with Gasteiger partial charge in [0, 0.05) is 43.5 Å². The third-order valence-corrected chi connectivity index (χ3v) is 7.50. The predicted molar refractivity (Wildman–Crippen MR) is 150 cm³/mol. The summed E-state index contributed by atoms with van der Waals surface area (Å²) >= 11 is 0. The van der Waals surface area contributed by atoms with Crippen LogP contribution in [0.1, 0.15) is 44.6 Å². The molecule has 6 rings (SSSR count). The summed E-state index contributed by atoms with van der Waals surface area (Å²) in [6.07, 6.45) is 10.0. The fourth-order valence-corrected chi connectivity index (χ4v) is 5.29. The molecule has 1 N–H and O–H groups in total. The highest BCUT2D eigenvalue weighted by molar-refractivity contribution is 6.04. The van der Waals surface area contributed by atoms with Crippen LogP contribution in [0.4, 0.5) is 0 Å². The Hall–Kier alpha value is -4.07. The molecular formula is C32H32N4O3. The van der Waals surface area contributed by atoms with Crippen LogP contribution < -0.4 is 5.32 Å². The number of nitrogens with one attached hydrogen (secondary N) is 1. The number of ketones is 1. The third-order valence-electron chi connectivity index (χ3n) is 7.50. The summed E-state index contributed by atoms with van der Waals surface area (Å²) in [6.45, 7) is 7.03. The molecule has 2 aliphatic carbocycles. The van der Waals surface area contributed by atoms with Crippen molar-refractivity contribution in [3.05, 3.63) is 117 Å². The summed E-state index contributed by atoms with van der Waals surface area (Å²) < 4.78 is 7.22. The molecule has 7 heteroatoms. The molecule has 0 bridgehead atoms. The minimum atomic E-state index is -0.238. The van der Waals surface area contributed by atoms with Crippen molar-refractivity contribution in [2.75, 3.05) is 26.3 Å². The van der Waals surface area contributed by atoms with Gasteiger partial charge >= 0.3 is 0 Å². The van der Waals surface area contributed by atoms with Crippen molar-refractivity contribution in [1.82, 2.24) is 20.0 Å². The average molecular weight is 521 g/mol. The van der Waals surface area contributed by atoms with E-state index in [1.54, 1.807) is 23.2 Å². The monoisotopic (exact) mass is 520 g/mol. The van der Waals surface area contributed by atoms with Crippen LogP contribution in [0.3, 0.4) is 0 Å². The number of benzene rings is 2. The first-order valence-electron chi connectivity index (χ1n) is 13.5. The van der Waals surface area contributed by atoms with Crippen molar-refractivity contribution < 1.29 is 14.3 Å². The second-order valence-corrected chi connectivity index (χ2v) is 10.5. The fraction of sp³-hybridized carbons (Fsp3) is 0.281. The Bertz CT molecular complexity index is 1500. The molecule has 1 aromatic heterocycles. The van der Waals surface area contributed by atoms with E-state index in [1.165, 1.54) is 22.3 Å². The van der Waals surface area contributed by atoms with Crippen molar-refractivity contribution in [3.8, 4) is 0 Å². The number of hydrogen-bond acceptors (Lipinski definition) is 5. The van der Waals surface area contributed by atoms with E-state index >= 15 is 0 Å². The lowest BCUT2D eigenvalue weighted by Gasteiger charge is -2.26. The minimum absolute atomic E-state index is 0.0755. The normalized spacial score (nSPS) is 17.4. The zero-order chi connectivity index (χ0) is 26.8. The van der Waals surface area contributed by atoms with Crippen molar-refractivity contribution in [2.24, 2.45) is 0 Å². The quantitative estimate of drug-likeness (QED) is 0.505. The van der Waals surface area contributed by atoms with Gasteiger partial charge in [0.1, 0.15) is 0 Å². The topological polar surface area (TPSA) is 76.5 Å². The van der Waals surface area contributed by atoms with Gasteiger partial charge in [-0.2, -0.15) is 5.10 Å². The van der Waals surface area contributed by atoms with Gasteiger partial charge in [-0.15, -0.1) is 0 Å². The largest absolute Gasteiger partial charge is 0.379 e. The highest BCUT2D eigenvalue weighted by Crippen LogP contribution is 2.33. The van der Waals surface area contributed by atoms with Gasteiger partial charge in [0.05, 0.1) is 31.5 Å². The average Bonchev–Trinajstić information content (AvgIpc) is 3.59. The lowest BCUT2D eigenvalue weighted by Crippen LogP contribution is -2.35. The standard InChI is InChI=1S/C32H32N4O3/c1-22-2-4-23(5-3-22)20-36-21-28(18-33-36)32(38)34-29-8-9-31(37)30(17-29)27-15-25-7-6-24(14-26(25)16-27)19-35-10-12-39-13-11-35/h2-8,14,16-18,21H,9-13,15,19-20H2,1H3,(H,34,38). The first-order chi connectivity index (χ1) is 19.0. The molecule has 1 saturated heterocycles. The van der Waals surface area contributed by atoms with Gasteiger partial charge in [0.15, 0.2) is 5.78 Å². The number of Topliss-reactive ketones (excluding diaryl/α,β-unsaturated/α-hetero) is 1. The first-order valence-corrected chi connectivity index (χ1v) is 13.5. The summed E-state index contributed by atoms with van der Waals surface area (Å²) in [6, 6.07) is 14.9. The number of hydrogen-bond donors (Lipinski definition) is 1. The number of aryl methyl sites for hydroxylation is 1. The SMILES string of the molecule is Cc1ccc(Cn2cc(C(=O)NC3=CCC(=O)C(C4=Cc5cc(CN6CCOCC6)ccc5C4)=C3)cn2)cc1. The molecule has 1 fully saturated rings. The Kier molecular flexibility index (Phi) is 7.09. The number of fused-ring (bicyclic) bond motifs is 1. The van der Waals surface area contributed by atoms with Crippen LogP contribution in [-0.2, 0) is 29.0 Å². The second-order valence-electron chi connectivity index (χ2n) is 10.5. The maximum Gasteiger partial charge on any atom is 0.258 e. The van der Waals surface area contributed by atoms with Crippen LogP contribution in [0, 0.1) is 6.92 Å². The number of carbonyl (C=O) groups is 2. The summed E-state index contributed by atoms with van der Waals surface area (Å²) in [5, 5.41) is 7.32. The van der Waals surface area contributed by atoms with E-state index in [-0.39, 0.29) is 18.1 Å². The van der Waals surface area contributed by atoms with E-state index in [4.69, 9.17) is 4.74 Å². The molecule has 1 aliphatic heterocycles. The van der Waals surface area contributed by atoms with Crippen molar-refractivity contribution in [3.63, 3.8) is 0 Å². The molecule has 3 aliphatic rings. The molecular weight excluding hydrogens is 488 g/mol. The third kappa shape index (κ3) is 5.85. The minimum Gasteiger partial charge on any atom is -0.379 e. The second kappa shape index (κ2) is 11.0. The zero-order valence-corrected chi connectivity index (χ0v) is 22.2.